The van der Waals surface area contributed by atoms with E-state index in [0.717, 1.165) is 22.3 Å². The lowest BCUT2D eigenvalue weighted by atomic mass is 9.95. The molecule has 90 valence electrons. The summed E-state index contributed by atoms with van der Waals surface area (Å²) in [7, 11) is 0. The Morgan fingerprint density at radius 3 is 1.44 bits per heavy atom. The molecule has 0 atom stereocenters. The molecular formula is C16H14O2. The second-order valence-corrected chi connectivity index (χ2v) is 3.95. The summed E-state index contributed by atoms with van der Waals surface area (Å²) in [5, 5.41) is 19.0. The molecule has 18 heavy (non-hydrogen) atoms. The molecule has 0 saturated carbocycles. The van der Waals surface area contributed by atoms with E-state index in [4.69, 9.17) is 0 Å². The zero-order valence-electron chi connectivity index (χ0n) is 9.93. The summed E-state index contributed by atoms with van der Waals surface area (Å²) in [6.07, 6.45) is 3.38. The van der Waals surface area contributed by atoms with Crippen LogP contribution in [-0.4, -0.2) is 10.2 Å². The Bertz CT molecular complexity index is 557. The lowest BCUT2D eigenvalue weighted by molar-refractivity contribution is 0.474. The first-order valence-electron chi connectivity index (χ1n) is 5.57. The highest BCUT2D eigenvalue weighted by Gasteiger charge is 2.08. The van der Waals surface area contributed by atoms with Gasteiger partial charge in [0.1, 0.15) is 11.5 Å². The Morgan fingerprint density at radius 2 is 1.11 bits per heavy atom. The van der Waals surface area contributed by atoms with Crippen LogP contribution in [0.2, 0.25) is 0 Å². The quantitative estimate of drug-likeness (QED) is 0.846. The molecule has 0 bridgehead atoms. The largest absolute Gasteiger partial charge is 0.508 e. The van der Waals surface area contributed by atoms with Gasteiger partial charge in [0.05, 0.1) is 0 Å². The van der Waals surface area contributed by atoms with E-state index in [9.17, 15) is 10.2 Å². The van der Waals surface area contributed by atoms with Gasteiger partial charge in [0.15, 0.2) is 0 Å². The summed E-state index contributed by atoms with van der Waals surface area (Å²) in [5.41, 5.74) is 3.56. The summed E-state index contributed by atoms with van der Waals surface area (Å²) in [4.78, 5) is 0. The molecule has 0 aromatic heterocycles. The number of aromatic hydroxyl groups is 2. The van der Waals surface area contributed by atoms with E-state index in [1.54, 1.807) is 36.4 Å². The Kier molecular flexibility index (Phi) is 3.20. The monoisotopic (exact) mass is 238 g/mol. The fourth-order valence-corrected chi connectivity index (χ4v) is 1.93. The Morgan fingerprint density at radius 1 is 0.722 bits per heavy atom. The van der Waals surface area contributed by atoms with Gasteiger partial charge in [0.25, 0.3) is 0 Å². The highest BCUT2D eigenvalue weighted by molar-refractivity contribution is 5.82. The molecule has 0 fully saturated rings. The molecule has 0 heterocycles. The van der Waals surface area contributed by atoms with Crippen molar-refractivity contribution < 1.29 is 10.2 Å². The van der Waals surface area contributed by atoms with Crippen LogP contribution in [0.4, 0.5) is 0 Å². The number of benzene rings is 2. The lowest BCUT2D eigenvalue weighted by Crippen LogP contribution is -1.87. The van der Waals surface area contributed by atoms with Crippen LogP contribution in [0.25, 0.3) is 23.3 Å². The SMILES string of the molecule is C=Cc1cc(O)ccc1-c1ccc(O)cc1C=C. The number of phenols is 2. The molecule has 0 aliphatic carbocycles. The highest BCUT2D eigenvalue weighted by atomic mass is 16.3. The summed E-state index contributed by atoms with van der Waals surface area (Å²) in [6, 6.07) is 10.2. The van der Waals surface area contributed by atoms with Gasteiger partial charge in [-0.25, -0.2) is 0 Å². The first-order valence-corrected chi connectivity index (χ1v) is 5.57. The van der Waals surface area contributed by atoms with Gasteiger partial charge in [0.2, 0.25) is 0 Å². The molecule has 2 rings (SSSR count). The molecule has 2 N–H and O–H groups in total. The molecule has 0 amide bonds. The van der Waals surface area contributed by atoms with Crippen LogP contribution in [0.3, 0.4) is 0 Å². The molecule has 0 saturated heterocycles. The van der Waals surface area contributed by atoms with Crippen LogP contribution in [0.1, 0.15) is 11.1 Å². The van der Waals surface area contributed by atoms with E-state index in [0.29, 0.717) is 0 Å². The van der Waals surface area contributed by atoms with Crippen molar-refractivity contribution in [2.45, 2.75) is 0 Å². The second-order valence-electron chi connectivity index (χ2n) is 3.95. The molecule has 0 aliphatic heterocycles. The third kappa shape index (κ3) is 2.13. The van der Waals surface area contributed by atoms with Crippen LogP contribution >= 0.6 is 0 Å². The third-order valence-corrected chi connectivity index (χ3v) is 2.80. The van der Waals surface area contributed by atoms with Gasteiger partial charge < -0.3 is 10.2 Å². The Labute approximate surface area is 106 Å². The van der Waals surface area contributed by atoms with Gasteiger partial charge >= 0.3 is 0 Å². The minimum Gasteiger partial charge on any atom is -0.508 e. The van der Waals surface area contributed by atoms with Gasteiger partial charge in [-0.15, -0.1) is 0 Å². The first kappa shape index (κ1) is 12.0. The Hall–Kier alpha value is -2.48. The van der Waals surface area contributed by atoms with Crippen molar-refractivity contribution in [3.8, 4) is 22.6 Å². The normalized spacial score (nSPS) is 10.0. The van der Waals surface area contributed by atoms with Crippen molar-refractivity contribution >= 4 is 12.2 Å². The molecule has 0 aliphatic rings. The molecule has 0 unspecified atom stereocenters. The van der Waals surface area contributed by atoms with Crippen LogP contribution in [0.15, 0.2) is 49.6 Å². The fraction of sp³-hybridized carbons (Fsp3) is 0. The topological polar surface area (TPSA) is 40.5 Å². The summed E-state index contributed by atoms with van der Waals surface area (Å²) < 4.78 is 0. The predicted octanol–water partition coefficient (Wildman–Crippen LogP) is 4.05. The van der Waals surface area contributed by atoms with Gasteiger partial charge in [-0.05, 0) is 46.5 Å². The van der Waals surface area contributed by atoms with E-state index >= 15 is 0 Å². The fourth-order valence-electron chi connectivity index (χ4n) is 1.93. The highest BCUT2D eigenvalue weighted by Crippen LogP contribution is 2.32. The number of phenolic OH excluding ortho intramolecular Hbond substituents is 2. The van der Waals surface area contributed by atoms with Gasteiger partial charge in [-0.3, -0.25) is 0 Å². The van der Waals surface area contributed by atoms with Crippen molar-refractivity contribution in [2.24, 2.45) is 0 Å². The third-order valence-electron chi connectivity index (χ3n) is 2.80. The minimum absolute atomic E-state index is 0.201. The lowest BCUT2D eigenvalue weighted by Gasteiger charge is -2.10. The van der Waals surface area contributed by atoms with Crippen LogP contribution in [0, 0.1) is 0 Å². The van der Waals surface area contributed by atoms with Gasteiger partial charge in [-0.2, -0.15) is 0 Å². The summed E-state index contributed by atoms with van der Waals surface area (Å²) in [6.45, 7) is 7.49. The molecule has 0 spiro atoms. The van der Waals surface area contributed by atoms with Crippen LogP contribution in [-0.2, 0) is 0 Å². The van der Waals surface area contributed by atoms with E-state index in [1.165, 1.54) is 0 Å². The average Bonchev–Trinajstić information content (AvgIpc) is 2.38. The summed E-state index contributed by atoms with van der Waals surface area (Å²) in [5.74, 6) is 0.403. The van der Waals surface area contributed by atoms with Crippen molar-refractivity contribution in [1.82, 2.24) is 0 Å². The minimum atomic E-state index is 0.201. The maximum absolute atomic E-state index is 9.48. The number of rotatable bonds is 3. The molecule has 2 nitrogen and oxygen atoms in total. The van der Waals surface area contributed by atoms with Crippen LogP contribution in [0.5, 0.6) is 11.5 Å². The zero-order valence-corrected chi connectivity index (χ0v) is 9.93. The maximum Gasteiger partial charge on any atom is 0.116 e. The van der Waals surface area contributed by atoms with Crippen molar-refractivity contribution in [3.05, 3.63) is 60.7 Å². The second kappa shape index (κ2) is 4.80. The van der Waals surface area contributed by atoms with Gasteiger partial charge in [-0.1, -0.05) is 37.4 Å². The van der Waals surface area contributed by atoms with E-state index in [-0.39, 0.29) is 11.5 Å². The molecule has 2 aromatic rings. The van der Waals surface area contributed by atoms with E-state index in [2.05, 4.69) is 13.2 Å². The molecule has 0 radical (unpaired) electrons. The first-order chi connectivity index (χ1) is 8.65. The van der Waals surface area contributed by atoms with Crippen molar-refractivity contribution in [2.75, 3.05) is 0 Å². The number of hydrogen-bond acceptors (Lipinski definition) is 2. The van der Waals surface area contributed by atoms with Crippen LogP contribution < -0.4 is 0 Å². The van der Waals surface area contributed by atoms with Crippen molar-refractivity contribution in [3.63, 3.8) is 0 Å². The average molecular weight is 238 g/mol. The molecule has 2 heteroatoms. The molecule has 2 aromatic carbocycles. The number of hydrogen-bond donors (Lipinski definition) is 2. The smallest absolute Gasteiger partial charge is 0.116 e. The summed E-state index contributed by atoms with van der Waals surface area (Å²) >= 11 is 0. The predicted molar refractivity (Wildman–Crippen MR) is 75.4 cm³/mol. The standard InChI is InChI=1S/C16H14O2/c1-3-11-9-13(17)5-7-15(11)16-8-6-14(18)10-12(16)4-2/h3-10,17-18H,1-2H2. The van der Waals surface area contributed by atoms with E-state index < -0.39 is 0 Å². The maximum atomic E-state index is 9.48. The molecular weight excluding hydrogens is 224 g/mol. The Balaban J connectivity index is 2.68. The van der Waals surface area contributed by atoms with Gasteiger partial charge in [0, 0.05) is 0 Å². The van der Waals surface area contributed by atoms with E-state index in [1.807, 2.05) is 12.1 Å². The van der Waals surface area contributed by atoms with Crippen molar-refractivity contribution in [1.29, 1.82) is 0 Å². The zero-order chi connectivity index (χ0) is 13.1.